The van der Waals surface area contributed by atoms with Gasteiger partial charge in [0, 0.05) is 27.8 Å². The van der Waals surface area contributed by atoms with Crippen LogP contribution in [-0.4, -0.2) is 9.97 Å². The largest absolute Gasteiger partial charge is 0.457 e. The lowest BCUT2D eigenvalue weighted by Gasteiger charge is -2.41. The Morgan fingerprint density at radius 1 is 0.509 bits per heavy atom. The predicted molar refractivity (Wildman–Crippen MR) is 232 cm³/mol. The van der Waals surface area contributed by atoms with Crippen molar-refractivity contribution in [2.24, 2.45) is 0 Å². The highest BCUT2D eigenvalue weighted by atomic mass is 16.5. The number of allylic oxidation sites excluding steroid dienone is 5. The normalized spacial score (nSPS) is 16.9. The summed E-state index contributed by atoms with van der Waals surface area (Å²) in [5.74, 6) is 2.55. The Kier molecular flexibility index (Phi) is 7.03. The van der Waals surface area contributed by atoms with Crippen LogP contribution in [0.15, 0.2) is 182 Å². The van der Waals surface area contributed by atoms with Crippen LogP contribution in [0, 0.1) is 0 Å². The van der Waals surface area contributed by atoms with E-state index in [-0.39, 0.29) is 0 Å². The number of hydrogen-bond acceptors (Lipinski definition) is 3. The first-order chi connectivity index (χ1) is 28.2. The molecule has 3 nitrogen and oxygen atoms in total. The third-order valence-corrected chi connectivity index (χ3v) is 12.4. The number of benzene rings is 7. The highest BCUT2D eigenvalue weighted by molar-refractivity contribution is 5.98. The monoisotopic (exact) mass is 728 g/mol. The van der Waals surface area contributed by atoms with Crippen LogP contribution < -0.4 is 4.74 Å². The molecule has 1 aromatic heterocycles. The van der Waals surface area contributed by atoms with Gasteiger partial charge >= 0.3 is 0 Å². The van der Waals surface area contributed by atoms with Gasteiger partial charge in [-0.1, -0.05) is 140 Å². The molecule has 3 heteroatoms. The number of nitrogens with zero attached hydrogens (tertiary/aromatic N) is 2. The Labute approximate surface area is 332 Å². The molecule has 1 spiro atoms. The zero-order chi connectivity index (χ0) is 37.5. The highest BCUT2D eigenvalue weighted by Gasteiger charge is 2.52. The summed E-state index contributed by atoms with van der Waals surface area (Å²) in [6.45, 7) is 0. The highest BCUT2D eigenvalue weighted by Crippen LogP contribution is 2.63. The maximum atomic E-state index is 6.74. The number of rotatable bonds is 4. The van der Waals surface area contributed by atoms with Crippen LogP contribution in [0.5, 0.6) is 11.5 Å². The molecule has 0 fully saturated rings. The molecule has 4 aliphatic rings. The molecule has 57 heavy (non-hydrogen) atoms. The van der Waals surface area contributed by atoms with E-state index in [9.17, 15) is 0 Å². The van der Waals surface area contributed by atoms with Crippen molar-refractivity contribution in [3.05, 3.63) is 215 Å². The van der Waals surface area contributed by atoms with Gasteiger partial charge in [0.15, 0.2) is 5.82 Å². The quantitative estimate of drug-likeness (QED) is 0.181. The first kappa shape index (κ1) is 32.2. The van der Waals surface area contributed by atoms with Crippen LogP contribution in [0.2, 0.25) is 0 Å². The van der Waals surface area contributed by atoms with E-state index in [0.29, 0.717) is 5.82 Å². The van der Waals surface area contributed by atoms with Crippen molar-refractivity contribution in [2.45, 2.75) is 24.7 Å². The number of para-hydroxylation sites is 1. The van der Waals surface area contributed by atoms with E-state index in [0.717, 1.165) is 70.0 Å². The minimum Gasteiger partial charge on any atom is -0.457 e. The average molecular weight is 729 g/mol. The molecule has 2 heterocycles. The van der Waals surface area contributed by atoms with Crippen LogP contribution in [-0.2, 0) is 11.8 Å². The molecule has 3 aliphatic carbocycles. The Balaban J connectivity index is 1.02. The van der Waals surface area contributed by atoms with Gasteiger partial charge < -0.3 is 4.74 Å². The molecule has 0 saturated carbocycles. The topological polar surface area (TPSA) is 35.0 Å². The molecule has 7 aromatic carbocycles. The van der Waals surface area contributed by atoms with Crippen LogP contribution in [0.4, 0.5) is 0 Å². The lowest BCUT2D eigenvalue weighted by molar-refractivity contribution is 0.432. The first-order valence-electron chi connectivity index (χ1n) is 19.9. The molecular weight excluding hydrogens is 693 g/mol. The molecule has 0 saturated heterocycles. The molecule has 0 amide bonds. The van der Waals surface area contributed by atoms with Gasteiger partial charge in [-0.3, -0.25) is 0 Å². The SMILES string of the molecule is C1=CC2=C(CC1)C1(c3ccccc3Oc3ccc(-c4cccc(-c5cc(-c6cc7c8c(cccc8c6)CC=C7)nc(-c6ccccc6)n5)c4)cc31)c1ccccc12. The van der Waals surface area contributed by atoms with Gasteiger partial charge in [0.2, 0.25) is 0 Å². The summed E-state index contributed by atoms with van der Waals surface area (Å²) in [5.41, 5.74) is 17.2. The summed E-state index contributed by atoms with van der Waals surface area (Å²) in [6, 6.07) is 56.9. The molecule has 0 bridgehead atoms. The van der Waals surface area contributed by atoms with Crippen molar-refractivity contribution in [2.75, 3.05) is 0 Å². The Morgan fingerprint density at radius 3 is 2.19 bits per heavy atom. The molecular formula is C54H36N2O. The lowest BCUT2D eigenvalue weighted by atomic mass is 9.64. The van der Waals surface area contributed by atoms with Crippen molar-refractivity contribution in [3.63, 3.8) is 0 Å². The number of fused-ring (bicyclic) bond motifs is 8. The van der Waals surface area contributed by atoms with E-state index < -0.39 is 5.41 Å². The van der Waals surface area contributed by atoms with Crippen molar-refractivity contribution in [3.8, 4) is 56.5 Å². The van der Waals surface area contributed by atoms with Crippen molar-refractivity contribution in [1.29, 1.82) is 0 Å². The van der Waals surface area contributed by atoms with Gasteiger partial charge in [-0.05, 0) is 117 Å². The van der Waals surface area contributed by atoms with E-state index in [1.165, 1.54) is 55.3 Å². The molecule has 8 aromatic rings. The number of ether oxygens (including phenoxy) is 1. The van der Waals surface area contributed by atoms with Gasteiger partial charge in [0.25, 0.3) is 0 Å². The fourth-order valence-electron chi connectivity index (χ4n) is 9.97. The molecule has 1 unspecified atom stereocenters. The zero-order valence-corrected chi connectivity index (χ0v) is 31.2. The summed E-state index contributed by atoms with van der Waals surface area (Å²) in [6.07, 6.45) is 12.2. The second-order valence-electron chi connectivity index (χ2n) is 15.5. The third-order valence-electron chi connectivity index (χ3n) is 12.4. The van der Waals surface area contributed by atoms with Gasteiger partial charge in [0.05, 0.1) is 16.8 Å². The summed E-state index contributed by atoms with van der Waals surface area (Å²) in [7, 11) is 0. The molecule has 1 atom stereocenters. The number of aromatic nitrogens is 2. The molecule has 1 aliphatic heterocycles. The van der Waals surface area contributed by atoms with E-state index in [2.05, 4.69) is 176 Å². The minimum atomic E-state index is -0.435. The second kappa shape index (κ2) is 12.5. The Hall–Kier alpha value is -7.10. The zero-order valence-electron chi connectivity index (χ0n) is 31.2. The summed E-state index contributed by atoms with van der Waals surface area (Å²) < 4.78 is 6.74. The van der Waals surface area contributed by atoms with E-state index >= 15 is 0 Å². The van der Waals surface area contributed by atoms with E-state index in [4.69, 9.17) is 14.7 Å². The molecule has 0 radical (unpaired) electrons. The average Bonchev–Trinajstić information content (AvgIpc) is 3.57. The van der Waals surface area contributed by atoms with Gasteiger partial charge in [0.1, 0.15) is 11.5 Å². The van der Waals surface area contributed by atoms with Crippen LogP contribution in [0.3, 0.4) is 0 Å². The van der Waals surface area contributed by atoms with Crippen molar-refractivity contribution < 1.29 is 4.74 Å². The minimum absolute atomic E-state index is 0.435. The fourth-order valence-corrected chi connectivity index (χ4v) is 9.97. The van der Waals surface area contributed by atoms with Gasteiger partial charge in [-0.25, -0.2) is 9.97 Å². The molecule has 268 valence electrons. The number of hydrogen-bond donors (Lipinski definition) is 0. The van der Waals surface area contributed by atoms with Gasteiger partial charge in [-0.15, -0.1) is 0 Å². The Morgan fingerprint density at radius 2 is 1.26 bits per heavy atom. The van der Waals surface area contributed by atoms with E-state index in [1.807, 2.05) is 6.07 Å². The standard InChI is InChI=1S/C54H36N2O/c1-2-13-35(14-3-1)53-55-48(33-49(56-53)41-30-39-19-10-15-34-16-11-20-40(31-41)52(34)39)38-18-12-17-36(29-38)37-27-28-51-47(32-37)54(46-25-8-9-26-50(46)57-51)44-23-6-4-21-42(44)43-22-5-7-24-45(43)54/h1-6,8-15,17-23,25-33H,7,16,24H2. The van der Waals surface area contributed by atoms with Crippen LogP contribution >= 0.6 is 0 Å². The van der Waals surface area contributed by atoms with Gasteiger partial charge in [-0.2, -0.15) is 0 Å². The van der Waals surface area contributed by atoms with Crippen molar-refractivity contribution >= 4 is 22.4 Å². The van der Waals surface area contributed by atoms with Crippen LogP contribution in [0.1, 0.15) is 46.2 Å². The molecule has 12 rings (SSSR count). The maximum Gasteiger partial charge on any atom is 0.160 e. The second-order valence-corrected chi connectivity index (χ2v) is 15.5. The third kappa shape index (κ3) is 4.85. The van der Waals surface area contributed by atoms with Crippen molar-refractivity contribution in [1.82, 2.24) is 9.97 Å². The first-order valence-corrected chi connectivity index (χ1v) is 19.9. The molecule has 0 N–H and O–H groups in total. The Bertz CT molecular complexity index is 3080. The fraction of sp³-hybridized carbons (Fsp3) is 0.0741. The lowest BCUT2D eigenvalue weighted by Crippen LogP contribution is -2.33. The summed E-state index contributed by atoms with van der Waals surface area (Å²) >= 11 is 0. The summed E-state index contributed by atoms with van der Waals surface area (Å²) in [5, 5.41) is 2.57. The van der Waals surface area contributed by atoms with Crippen LogP contribution in [0.25, 0.3) is 67.5 Å². The maximum absolute atomic E-state index is 6.74. The van der Waals surface area contributed by atoms with E-state index in [1.54, 1.807) is 0 Å². The smallest absolute Gasteiger partial charge is 0.160 e. The predicted octanol–water partition coefficient (Wildman–Crippen LogP) is 13.4. The summed E-state index contributed by atoms with van der Waals surface area (Å²) in [4.78, 5) is 10.4.